The Labute approximate surface area is 164 Å². The van der Waals surface area contributed by atoms with Crippen LogP contribution < -0.4 is 10.1 Å². The number of hydrogen-bond acceptors (Lipinski definition) is 4. The SMILES string of the molecule is CN(CCNC(=O)Cn1ncc2c1-c1cc(F)ccc1OC2)C1CCCCC1. The lowest BCUT2D eigenvalue weighted by Gasteiger charge is -2.31. The number of rotatable bonds is 6. The number of fused-ring (bicyclic) bond motifs is 3. The van der Waals surface area contributed by atoms with Crippen LogP contribution in [0.4, 0.5) is 4.39 Å². The second-order valence-electron chi connectivity index (χ2n) is 7.73. The predicted octanol–water partition coefficient (Wildman–Crippen LogP) is 2.96. The molecule has 0 atom stereocenters. The van der Waals surface area contributed by atoms with E-state index in [1.165, 1.54) is 44.2 Å². The third-order valence-electron chi connectivity index (χ3n) is 5.77. The number of carbonyl (C=O) groups is 1. The van der Waals surface area contributed by atoms with E-state index in [0.717, 1.165) is 17.8 Å². The Hall–Kier alpha value is -2.41. The Kier molecular flexibility index (Phi) is 5.62. The van der Waals surface area contributed by atoms with Gasteiger partial charge in [0.25, 0.3) is 0 Å². The summed E-state index contributed by atoms with van der Waals surface area (Å²) < 4.78 is 21.0. The van der Waals surface area contributed by atoms with Gasteiger partial charge in [-0.05, 0) is 38.1 Å². The van der Waals surface area contributed by atoms with Crippen LogP contribution >= 0.6 is 0 Å². The standard InChI is InChI=1S/C21H27FN4O2/c1-25(17-5-3-2-4-6-17)10-9-23-20(27)13-26-21-15(12-24-26)14-28-19-8-7-16(22)11-18(19)21/h7-8,11-12,17H,2-6,9-10,13-14H2,1H3,(H,23,27). The van der Waals surface area contributed by atoms with Gasteiger partial charge >= 0.3 is 0 Å². The highest BCUT2D eigenvalue weighted by atomic mass is 19.1. The minimum Gasteiger partial charge on any atom is -0.488 e. The molecule has 0 unspecified atom stereocenters. The molecule has 0 saturated heterocycles. The van der Waals surface area contributed by atoms with Crippen LogP contribution in [0, 0.1) is 5.82 Å². The van der Waals surface area contributed by atoms with E-state index in [4.69, 9.17) is 4.74 Å². The van der Waals surface area contributed by atoms with E-state index in [9.17, 15) is 9.18 Å². The first-order chi connectivity index (χ1) is 13.6. The van der Waals surface area contributed by atoms with Gasteiger partial charge in [-0.15, -0.1) is 0 Å². The van der Waals surface area contributed by atoms with Crippen LogP contribution in [0.2, 0.25) is 0 Å². The monoisotopic (exact) mass is 386 g/mol. The molecule has 7 heteroatoms. The molecule has 150 valence electrons. The van der Waals surface area contributed by atoms with E-state index in [1.807, 2.05) is 0 Å². The number of hydrogen-bond donors (Lipinski definition) is 1. The van der Waals surface area contributed by atoms with Gasteiger partial charge in [-0.3, -0.25) is 9.48 Å². The van der Waals surface area contributed by atoms with Gasteiger partial charge in [0, 0.05) is 30.3 Å². The second-order valence-corrected chi connectivity index (χ2v) is 7.73. The molecule has 28 heavy (non-hydrogen) atoms. The first-order valence-electron chi connectivity index (χ1n) is 10.1. The van der Waals surface area contributed by atoms with E-state index in [2.05, 4.69) is 22.4 Å². The second kappa shape index (κ2) is 8.31. The average molecular weight is 386 g/mol. The van der Waals surface area contributed by atoms with Crippen LogP contribution in [0.15, 0.2) is 24.4 Å². The van der Waals surface area contributed by atoms with Gasteiger partial charge in [0.05, 0.1) is 11.9 Å². The van der Waals surface area contributed by atoms with E-state index < -0.39 is 0 Å². The summed E-state index contributed by atoms with van der Waals surface area (Å²) in [5.74, 6) is 0.190. The number of benzene rings is 1. The number of aromatic nitrogens is 2. The topological polar surface area (TPSA) is 59.4 Å². The van der Waals surface area contributed by atoms with Gasteiger partial charge in [0.1, 0.15) is 24.7 Å². The number of ether oxygens (including phenoxy) is 1. The van der Waals surface area contributed by atoms with Crippen molar-refractivity contribution in [3.63, 3.8) is 0 Å². The van der Waals surface area contributed by atoms with Crippen molar-refractivity contribution in [2.75, 3.05) is 20.1 Å². The van der Waals surface area contributed by atoms with Crippen molar-refractivity contribution < 1.29 is 13.9 Å². The predicted molar refractivity (Wildman–Crippen MR) is 104 cm³/mol. The van der Waals surface area contributed by atoms with Crippen molar-refractivity contribution in [3.05, 3.63) is 35.8 Å². The van der Waals surface area contributed by atoms with Crippen molar-refractivity contribution in [2.24, 2.45) is 0 Å². The normalized spacial score (nSPS) is 16.4. The number of likely N-dealkylation sites (N-methyl/N-ethyl adjacent to an activating group) is 1. The summed E-state index contributed by atoms with van der Waals surface area (Å²) in [6, 6.07) is 5.06. The van der Waals surface area contributed by atoms with Crippen LogP contribution in [-0.2, 0) is 17.9 Å². The van der Waals surface area contributed by atoms with E-state index in [0.29, 0.717) is 30.5 Å². The highest BCUT2D eigenvalue weighted by molar-refractivity contribution is 5.78. The van der Waals surface area contributed by atoms with Crippen LogP contribution in [-0.4, -0.2) is 46.8 Å². The van der Waals surface area contributed by atoms with Gasteiger partial charge in [0.15, 0.2) is 0 Å². The van der Waals surface area contributed by atoms with Crippen molar-refractivity contribution in [1.82, 2.24) is 20.0 Å². The van der Waals surface area contributed by atoms with Crippen LogP contribution in [0.25, 0.3) is 11.3 Å². The zero-order valence-electron chi connectivity index (χ0n) is 16.3. The van der Waals surface area contributed by atoms with Gasteiger partial charge in [-0.1, -0.05) is 19.3 Å². The Morgan fingerprint density at radius 1 is 1.36 bits per heavy atom. The molecule has 6 nitrogen and oxygen atoms in total. The largest absolute Gasteiger partial charge is 0.488 e. The Morgan fingerprint density at radius 3 is 3.00 bits per heavy atom. The molecule has 2 aliphatic rings. The van der Waals surface area contributed by atoms with Gasteiger partial charge in [-0.25, -0.2) is 4.39 Å². The smallest absolute Gasteiger partial charge is 0.241 e. The highest BCUT2D eigenvalue weighted by Gasteiger charge is 2.24. The molecule has 1 aromatic heterocycles. The quantitative estimate of drug-likeness (QED) is 0.829. The molecule has 1 amide bonds. The number of nitrogens with zero attached hydrogens (tertiary/aromatic N) is 3. The summed E-state index contributed by atoms with van der Waals surface area (Å²) in [5, 5.41) is 7.31. The fourth-order valence-electron chi connectivity index (χ4n) is 4.20. The maximum absolute atomic E-state index is 13.7. The molecule has 2 aromatic rings. The van der Waals surface area contributed by atoms with Gasteiger partial charge in [0.2, 0.25) is 5.91 Å². The summed E-state index contributed by atoms with van der Waals surface area (Å²) in [6.07, 6.45) is 8.14. The third kappa shape index (κ3) is 4.04. The van der Waals surface area contributed by atoms with Crippen LogP contribution in [0.5, 0.6) is 5.75 Å². The maximum Gasteiger partial charge on any atom is 0.241 e. The molecule has 4 rings (SSSR count). The fraction of sp³-hybridized carbons (Fsp3) is 0.524. The molecule has 1 saturated carbocycles. The number of amides is 1. The molecule has 1 N–H and O–H groups in total. The Balaban J connectivity index is 1.35. The fourth-order valence-corrected chi connectivity index (χ4v) is 4.20. The molecular formula is C21H27FN4O2. The zero-order valence-corrected chi connectivity index (χ0v) is 16.3. The molecule has 1 fully saturated rings. The third-order valence-corrected chi connectivity index (χ3v) is 5.77. The lowest BCUT2D eigenvalue weighted by atomic mass is 9.94. The summed E-state index contributed by atoms with van der Waals surface area (Å²) in [7, 11) is 2.14. The minimum absolute atomic E-state index is 0.0904. The lowest BCUT2D eigenvalue weighted by molar-refractivity contribution is -0.121. The van der Waals surface area contributed by atoms with E-state index >= 15 is 0 Å². The molecule has 0 bridgehead atoms. The molecule has 1 aliphatic heterocycles. The summed E-state index contributed by atoms with van der Waals surface area (Å²) in [6.45, 7) is 1.94. The lowest BCUT2D eigenvalue weighted by Crippen LogP contribution is -2.40. The van der Waals surface area contributed by atoms with Crippen molar-refractivity contribution in [1.29, 1.82) is 0 Å². The highest BCUT2D eigenvalue weighted by Crippen LogP contribution is 2.37. The van der Waals surface area contributed by atoms with Gasteiger partial charge in [-0.2, -0.15) is 5.10 Å². The molecule has 0 radical (unpaired) electrons. The molecular weight excluding hydrogens is 359 g/mol. The van der Waals surface area contributed by atoms with Crippen LogP contribution in [0.1, 0.15) is 37.7 Å². The van der Waals surface area contributed by atoms with Gasteiger partial charge < -0.3 is 15.0 Å². The first kappa shape index (κ1) is 18.9. The average Bonchev–Trinajstić information content (AvgIpc) is 3.11. The number of nitrogens with one attached hydrogen (secondary N) is 1. The Morgan fingerprint density at radius 2 is 2.18 bits per heavy atom. The van der Waals surface area contributed by atoms with E-state index in [1.54, 1.807) is 16.9 Å². The summed E-state index contributed by atoms with van der Waals surface area (Å²) in [4.78, 5) is 14.8. The minimum atomic E-state index is -0.335. The maximum atomic E-state index is 13.7. The molecule has 2 heterocycles. The zero-order chi connectivity index (χ0) is 19.5. The van der Waals surface area contributed by atoms with Crippen molar-refractivity contribution in [2.45, 2.75) is 51.3 Å². The molecule has 0 spiro atoms. The number of carbonyl (C=O) groups excluding carboxylic acids is 1. The van der Waals surface area contributed by atoms with Crippen molar-refractivity contribution >= 4 is 5.91 Å². The summed E-state index contributed by atoms with van der Waals surface area (Å²) >= 11 is 0. The first-order valence-corrected chi connectivity index (χ1v) is 10.1. The molecule has 1 aliphatic carbocycles. The summed E-state index contributed by atoms with van der Waals surface area (Å²) in [5.41, 5.74) is 2.27. The molecule has 1 aromatic carbocycles. The Bertz CT molecular complexity index is 845. The van der Waals surface area contributed by atoms with Crippen LogP contribution in [0.3, 0.4) is 0 Å². The number of halogens is 1. The van der Waals surface area contributed by atoms with Crippen molar-refractivity contribution in [3.8, 4) is 17.0 Å². The van der Waals surface area contributed by atoms with E-state index in [-0.39, 0.29) is 18.3 Å².